The van der Waals surface area contributed by atoms with Crippen LogP contribution >= 0.6 is 0 Å². The van der Waals surface area contributed by atoms with Crippen molar-refractivity contribution in [3.8, 4) is 0 Å². The number of hydrogen-bond donors (Lipinski definition) is 1. The number of imidazole rings is 1. The Hall–Kier alpha value is -2.10. The summed E-state index contributed by atoms with van der Waals surface area (Å²) in [5.41, 5.74) is 4.41. The molecule has 0 saturated carbocycles. The second kappa shape index (κ2) is 5.95. The second-order valence-electron chi connectivity index (χ2n) is 6.24. The first-order valence-corrected chi connectivity index (χ1v) is 7.92. The number of carbonyl (C=O) groups excluding carboxylic acids is 1. The number of rotatable bonds is 3. The summed E-state index contributed by atoms with van der Waals surface area (Å²) >= 11 is 0. The average molecular weight is 297 g/mol. The van der Waals surface area contributed by atoms with Crippen molar-refractivity contribution in [3.63, 3.8) is 0 Å². The van der Waals surface area contributed by atoms with Gasteiger partial charge in [0.25, 0.3) is 0 Å². The summed E-state index contributed by atoms with van der Waals surface area (Å²) in [7, 11) is 0. The molecule has 22 heavy (non-hydrogen) atoms. The predicted octanol–water partition coefficient (Wildman–Crippen LogP) is 3.24. The zero-order valence-electron chi connectivity index (χ0n) is 13.5. The Morgan fingerprint density at radius 3 is 2.64 bits per heavy atom. The van der Waals surface area contributed by atoms with E-state index in [0.29, 0.717) is 6.42 Å². The van der Waals surface area contributed by atoms with Gasteiger partial charge in [0.05, 0.1) is 18.2 Å². The largest absolute Gasteiger partial charge is 0.344 e. The van der Waals surface area contributed by atoms with Crippen LogP contribution in [-0.4, -0.2) is 27.3 Å². The molecule has 1 aromatic heterocycles. The lowest BCUT2D eigenvalue weighted by molar-refractivity contribution is -0.131. The van der Waals surface area contributed by atoms with E-state index in [1.54, 1.807) is 0 Å². The highest BCUT2D eigenvalue weighted by Gasteiger charge is 2.31. The molecule has 116 valence electrons. The van der Waals surface area contributed by atoms with Crippen LogP contribution in [0.15, 0.2) is 24.3 Å². The standard InChI is InChI=1S/C18H23N3O/c1-12-6-8-15(9-7-12)11-17(22)21-10-4-5-16(21)18-19-13(2)14(3)20-18/h6-9,16H,4-5,10-11H2,1-3H3,(H,19,20). The van der Waals surface area contributed by atoms with E-state index in [-0.39, 0.29) is 11.9 Å². The highest BCUT2D eigenvalue weighted by molar-refractivity contribution is 5.79. The zero-order valence-corrected chi connectivity index (χ0v) is 13.5. The first-order valence-electron chi connectivity index (χ1n) is 7.92. The molecule has 0 spiro atoms. The Morgan fingerprint density at radius 1 is 1.27 bits per heavy atom. The van der Waals surface area contributed by atoms with Gasteiger partial charge in [-0.15, -0.1) is 0 Å². The number of amides is 1. The van der Waals surface area contributed by atoms with E-state index in [0.717, 1.165) is 42.2 Å². The van der Waals surface area contributed by atoms with Crippen molar-refractivity contribution in [2.45, 2.75) is 46.1 Å². The lowest BCUT2D eigenvalue weighted by Crippen LogP contribution is -2.32. The molecule has 1 fully saturated rings. The van der Waals surface area contributed by atoms with Gasteiger partial charge in [-0.2, -0.15) is 0 Å². The molecular formula is C18H23N3O. The number of aryl methyl sites for hydroxylation is 3. The van der Waals surface area contributed by atoms with Gasteiger partial charge in [-0.05, 0) is 39.2 Å². The molecule has 1 aromatic carbocycles. The number of likely N-dealkylation sites (tertiary alicyclic amines) is 1. The van der Waals surface area contributed by atoms with Crippen LogP contribution in [0.5, 0.6) is 0 Å². The second-order valence-corrected chi connectivity index (χ2v) is 6.24. The van der Waals surface area contributed by atoms with Crippen molar-refractivity contribution in [2.24, 2.45) is 0 Å². The Bertz CT molecular complexity index is 653. The molecule has 1 N–H and O–H groups in total. The van der Waals surface area contributed by atoms with E-state index >= 15 is 0 Å². The van der Waals surface area contributed by atoms with Gasteiger partial charge in [0.1, 0.15) is 5.82 Å². The minimum atomic E-state index is 0.102. The van der Waals surface area contributed by atoms with E-state index in [9.17, 15) is 4.79 Å². The fraction of sp³-hybridized carbons (Fsp3) is 0.444. The predicted molar refractivity (Wildman–Crippen MR) is 86.6 cm³/mol. The van der Waals surface area contributed by atoms with Crippen molar-refractivity contribution in [1.29, 1.82) is 0 Å². The van der Waals surface area contributed by atoms with Crippen molar-refractivity contribution in [2.75, 3.05) is 6.54 Å². The van der Waals surface area contributed by atoms with E-state index < -0.39 is 0 Å². The Balaban J connectivity index is 1.74. The fourth-order valence-electron chi connectivity index (χ4n) is 3.06. The molecule has 1 atom stereocenters. The smallest absolute Gasteiger partial charge is 0.227 e. The van der Waals surface area contributed by atoms with Crippen LogP contribution in [-0.2, 0) is 11.2 Å². The molecule has 4 nitrogen and oxygen atoms in total. The molecule has 1 unspecified atom stereocenters. The Labute approximate surface area is 131 Å². The summed E-state index contributed by atoms with van der Waals surface area (Å²) in [6, 6.07) is 8.30. The fourth-order valence-corrected chi connectivity index (χ4v) is 3.06. The van der Waals surface area contributed by atoms with Crippen LogP contribution in [0.25, 0.3) is 0 Å². The number of aromatic amines is 1. The molecule has 3 rings (SSSR count). The minimum absolute atomic E-state index is 0.102. The third-order valence-corrected chi connectivity index (χ3v) is 4.51. The maximum Gasteiger partial charge on any atom is 0.227 e. The third-order valence-electron chi connectivity index (χ3n) is 4.51. The summed E-state index contributed by atoms with van der Waals surface area (Å²) in [6.07, 6.45) is 2.50. The quantitative estimate of drug-likeness (QED) is 0.945. The summed E-state index contributed by atoms with van der Waals surface area (Å²) < 4.78 is 0. The summed E-state index contributed by atoms with van der Waals surface area (Å²) in [4.78, 5) is 22.6. The zero-order chi connectivity index (χ0) is 15.7. The highest BCUT2D eigenvalue weighted by atomic mass is 16.2. The molecule has 1 amide bonds. The van der Waals surface area contributed by atoms with Gasteiger partial charge in [0.15, 0.2) is 0 Å². The van der Waals surface area contributed by atoms with E-state index in [2.05, 4.69) is 29.0 Å². The normalized spacial score (nSPS) is 18.0. The lowest BCUT2D eigenvalue weighted by atomic mass is 10.1. The van der Waals surface area contributed by atoms with Gasteiger partial charge in [0.2, 0.25) is 5.91 Å². The number of aromatic nitrogens is 2. The number of hydrogen-bond acceptors (Lipinski definition) is 2. The Morgan fingerprint density at radius 2 is 2.00 bits per heavy atom. The van der Waals surface area contributed by atoms with Crippen LogP contribution in [0.3, 0.4) is 0 Å². The van der Waals surface area contributed by atoms with Crippen LogP contribution in [0.1, 0.15) is 47.2 Å². The van der Waals surface area contributed by atoms with Gasteiger partial charge >= 0.3 is 0 Å². The van der Waals surface area contributed by atoms with Crippen molar-refractivity contribution in [1.82, 2.24) is 14.9 Å². The van der Waals surface area contributed by atoms with Crippen molar-refractivity contribution in [3.05, 3.63) is 52.6 Å². The summed E-state index contributed by atoms with van der Waals surface area (Å²) in [6.45, 7) is 6.92. The minimum Gasteiger partial charge on any atom is -0.344 e. The molecule has 0 aliphatic carbocycles. The number of carbonyl (C=O) groups is 1. The maximum absolute atomic E-state index is 12.7. The SMILES string of the molecule is Cc1ccc(CC(=O)N2CCCC2c2nc(C)c(C)[nH]2)cc1. The van der Waals surface area contributed by atoms with Crippen LogP contribution in [0.2, 0.25) is 0 Å². The molecule has 0 radical (unpaired) electrons. The number of nitrogens with one attached hydrogen (secondary N) is 1. The molecule has 1 saturated heterocycles. The van der Waals surface area contributed by atoms with E-state index in [1.807, 2.05) is 30.9 Å². The van der Waals surface area contributed by atoms with E-state index in [1.165, 1.54) is 5.56 Å². The summed E-state index contributed by atoms with van der Waals surface area (Å²) in [5.74, 6) is 1.13. The molecule has 2 heterocycles. The summed E-state index contributed by atoms with van der Waals surface area (Å²) in [5, 5.41) is 0. The number of H-pyrrole nitrogens is 1. The Kier molecular flexibility index (Phi) is 4.01. The first-order chi connectivity index (χ1) is 10.5. The number of nitrogens with zero attached hydrogens (tertiary/aromatic N) is 2. The monoisotopic (exact) mass is 297 g/mol. The first kappa shape index (κ1) is 14.8. The highest BCUT2D eigenvalue weighted by Crippen LogP contribution is 2.31. The van der Waals surface area contributed by atoms with Gasteiger partial charge in [-0.3, -0.25) is 4.79 Å². The number of benzene rings is 1. The van der Waals surface area contributed by atoms with Gasteiger partial charge in [0, 0.05) is 12.2 Å². The van der Waals surface area contributed by atoms with Gasteiger partial charge < -0.3 is 9.88 Å². The topological polar surface area (TPSA) is 49.0 Å². The van der Waals surface area contributed by atoms with Crippen LogP contribution in [0.4, 0.5) is 0 Å². The molecule has 1 aliphatic heterocycles. The van der Waals surface area contributed by atoms with Gasteiger partial charge in [-0.1, -0.05) is 29.8 Å². The van der Waals surface area contributed by atoms with Crippen LogP contribution < -0.4 is 0 Å². The molecule has 2 aromatic rings. The molecule has 1 aliphatic rings. The van der Waals surface area contributed by atoms with Crippen LogP contribution in [0, 0.1) is 20.8 Å². The van der Waals surface area contributed by atoms with E-state index in [4.69, 9.17) is 0 Å². The molecule has 4 heteroatoms. The average Bonchev–Trinajstić information content (AvgIpc) is 3.09. The third kappa shape index (κ3) is 2.91. The maximum atomic E-state index is 12.7. The molecule has 0 bridgehead atoms. The van der Waals surface area contributed by atoms with Gasteiger partial charge in [-0.25, -0.2) is 4.98 Å². The molecular weight excluding hydrogens is 274 g/mol. The lowest BCUT2D eigenvalue weighted by Gasteiger charge is -2.23. The van der Waals surface area contributed by atoms with Crippen molar-refractivity contribution < 1.29 is 4.79 Å². The van der Waals surface area contributed by atoms with Crippen molar-refractivity contribution >= 4 is 5.91 Å².